The van der Waals surface area contributed by atoms with Gasteiger partial charge in [0.2, 0.25) is 5.91 Å². The predicted octanol–water partition coefficient (Wildman–Crippen LogP) is 4.01. The second-order valence-corrected chi connectivity index (χ2v) is 11.3. The van der Waals surface area contributed by atoms with Crippen LogP contribution in [0.5, 0.6) is 0 Å². The van der Waals surface area contributed by atoms with E-state index < -0.39 is 5.41 Å². The van der Waals surface area contributed by atoms with Gasteiger partial charge in [-0.3, -0.25) is 4.79 Å². The molecule has 1 amide bonds. The van der Waals surface area contributed by atoms with Crippen LogP contribution in [0.4, 0.5) is 0 Å². The Kier molecular flexibility index (Phi) is 6.00. The lowest BCUT2D eigenvalue weighted by molar-refractivity contribution is -0.129. The molecule has 1 N–H and O–H groups in total. The van der Waals surface area contributed by atoms with Gasteiger partial charge in [-0.2, -0.15) is 5.26 Å². The van der Waals surface area contributed by atoms with Gasteiger partial charge in [0.1, 0.15) is 5.41 Å². The Labute approximate surface area is 184 Å². The van der Waals surface area contributed by atoms with Gasteiger partial charge in [-0.1, -0.05) is 6.92 Å². The summed E-state index contributed by atoms with van der Waals surface area (Å²) in [6.07, 6.45) is 6.37. The smallest absolute Gasteiger partial charge is 0.240 e. The fourth-order valence-corrected chi connectivity index (χ4v) is 6.48. The normalized spacial score (nSPS) is 31.6. The van der Waals surface area contributed by atoms with Gasteiger partial charge in [0, 0.05) is 41.3 Å². The van der Waals surface area contributed by atoms with Crippen LogP contribution < -0.4 is 5.32 Å². The maximum atomic E-state index is 12.2. The zero-order valence-corrected chi connectivity index (χ0v) is 19.6. The molecule has 1 aliphatic carbocycles. The van der Waals surface area contributed by atoms with Gasteiger partial charge in [-0.25, -0.2) is 0 Å². The molecule has 4 rings (SSSR count). The molecule has 2 fully saturated rings. The van der Waals surface area contributed by atoms with Gasteiger partial charge in [0.05, 0.1) is 18.3 Å². The number of thiophene rings is 1. The van der Waals surface area contributed by atoms with Crippen LogP contribution in [0.25, 0.3) is 0 Å². The fraction of sp³-hybridized carbons (Fsp3) is 0.750. The minimum Gasteiger partial charge on any atom is -0.370 e. The maximum Gasteiger partial charge on any atom is 0.240 e. The number of fused-ring (bicyclic) bond motifs is 2. The minimum absolute atomic E-state index is 0.0770. The Balaban J connectivity index is 1.30. The second-order valence-electron chi connectivity index (χ2n) is 10.0. The van der Waals surface area contributed by atoms with Crippen molar-refractivity contribution in [2.75, 3.05) is 19.7 Å². The lowest BCUT2D eigenvalue weighted by Crippen LogP contribution is -2.55. The van der Waals surface area contributed by atoms with Crippen LogP contribution in [-0.2, 0) is 28.0 Å². The molecule has 5 nitrogen and oxygen atoms in total. The molecule has 1 saturated carbocycles. The van der Waals surface area contributed by atoms with Gasteiger partial charge in [-0.15, -0.1) is 11.3 Å². The molecule has 1 aromatic rings. The average Bonchev–Trinajstić information content (AvgIpc) is 3.13. The number of hydrogen-bond acceptors (Lipinski definition) is 5. The predicted molar refractivity (Wildman–Crippen MR) is 119 cm³/mol. The summed E-state index contributed by atoms with van der Waals surface area (Å²) in [6.45, 7) is 11.0. The Morgan fingerprint density at radius 3 is 2.90 bits per heavy atom. The second kappa shape index (κ2) is 8.26. The van der Waals surface area contributed by atoms with E-state index in [9.17, 15) is 4.79 Å². The lowest BCUT2D eigenvalue weighted by Gasteiger charge is -2.49. The molecule has 0 unspecified atom stereocenters. The van der Waals surface area contributed by atoms with Crippen LogP contribution in [0.1, 0.15) is 68.7 Å². The summed E-state index contributed by atoms with van der Waals surface area (Å²) in [6, 6.07) is 5.23. The van der Waals surface area contributed by atoms with Gasteiger partial charge < -0.3 is 15.0 Å². The van der Waals surface area contributed by atoms with Crippen LogP contribution in [-0.4, -0.2) is 42.6 Å². The molecule has 2 aliphatic heterocycles. The first-order valence-electron chi connectivity index (χ1n) is 11.5. The Morgan fingerprint density at radius 2 is 2.23 bits per heavy atom. The molecule has 2 atom stereocenters. The number of aryl methyl sites for hydroxylation is 1. The van der Waals surface area contributed by atoms with Gasteiger partial charge >= 0.3 is 0 Å². The summed E-state index contributed by atoms with van der Waals surface area (Å²) in [5, 5.41) is 12.2. The number of hydrogen-bond donors (Lipinski definition) is 1. The van der Waals surface area contributed by atoms with E-state index in [1.807, 2.05) is 11.3 Å². The van der Waals surface area contributed by atoms with Crippen LogP contribution in [0, 0.1) is 22.7 Å². The average molecular weight is 430 g/mol. The van der Waals surface area contributed by atoms with E-state index >= 15 is 0 Å². The first-order chi connectivity index (χ1) is 14.3. The molecular weight excluding hydrogens is 394 g/mol. The van der Waals surface area contributed by atoms with Crippen molar-refractivity contribution in [1.29, 1.82) is 5.26 Å². The molecule has 1 spiro atoms. The van der Waals surface area contributed by atoms with E-state index in [0.717, 1.165) is 58.2 Å². The summed E-state index contributed by atoms with van der Waals surface area (Å²) in [7, 11) is 0. The highest BCUT2D eigenvalue weighted by atomic mass is 32.1. The third-order valence-electron chi connectivity index (χ3n) is 7.37. The van der Waals surface area contributed by atoms with Gasteiger partial charge in [-0.05, 0) is 70.4 Å². The third-order valence-corrected chi connectivity index (χ3v) is 8.71. The first-order valence-corrected chi connectivity index (χ1v) is 12.3. The number of rotatable bonds is 5. The number of ether oxygens (including phenoxy) is 1. The van der Waals surface area contributed by atoms with Crippen molar-refractivity contribution in [1.82, 2.24) is 10.2 Å². The maximum absolute atomic E-state index is 12.2. The van der Waals surface area contributed by atoms with Crippen molar-refractivity contribution >= 4 is 17.2 Å². The number of nitrogens with one attached hydrogen (secondary N) is 1. The van der Waals surface area contributed by atoms with E-state index in [2.05, 4.69) is 36.2 Å². The Morgan fingerprint density at radius 1 is 1.47 bits per heavy atom. The van der Waals surface area contributed by atoms with E-state index in [1.54, 1.807) is 18.7 Å². The largest absolute Gasteiger partial charge is 0.370 e. The number of piperidine rings is 1. The monoisotopic (exact) mass is 429 g/mol. The van der Waals surface area contributed by atoms with Crippen molar-refractivity contribution in [3.05, 3.63) is 21.4 Å². The lowest BCUT2D eigenvalue weighted by atomic mass is 9.76. The minimum atomic E-state index is -0.946. The summed E-state index contributed by atoms with van der Waals surface area (Å²) < 4.78 is 6.46. The summed E-state index contributed by atoms with van der Waals surface area (Å²) >= 11 is 1.99. The first kappa shape index (κ1) is 21.8. The van der Waals surface area contributed by atoms with Crippen LogP contribution >= 0.6 is 11.3 Å². The summed E-state index contributed by atoms with van der Waals surface area (Å²) in [4.78, 5) is 17.8. The molecule has 0 radical (unpaired) electrons. The highest BCUT2D eigenvalue weighted by molar-refractivity contribution is 7.12. The standard InChI is InChI=1S/C24H35N3O2S/c1-5-19-12-20-21(30-19)6-9-29-24(20)7-8-27(16(2)13-24)14-17-10-18(11-17)26-22(28)23(3,4)15-25/h12,16-18H,5-11,13-14H2,1-4H3,(H,26,28)/t16-,17?,18?,24+/m0/s1. The van der Waals surface area contributed by atoms with E-state index in [4.69, 9.17) is 10.00 Å². The third kappa shape index (κ3) is 4.04. The van der Waals surface area contributed by atoms with E-state index in [0.29, 0.717) is 12.0 Å². The molecule has 30 heavy (non-hydrogen) atoms. The van der Waals surface area contributed by atoms with Crippen molar-refractivity contribution in [3.8, 4) is 6.07 Å². The van der Waals surface area contributed by atoms with E-state index in [-0.39, 0.29) is 17.6 Å². The number of nitrogens with zero attached hydrogens (tertiary/aromatic N) is 2. The van der Waals surface area contributed by atoms with Crippen molar-refractivity contribution in [3.63, 3.8) is 0 Å². The van der Waals surface area contributed by atoms with Crippen molar-refractivity contribution < 1.29 is 9.53 Å². The van der Waals surface area contributed by atoms with Crippen LogP contribution in [0.15, 0.2) is 6.07 Å². The molecule has 0 aromatic carbocycles. The molecule has 1 saturated heterocycles. The number of likely N-dealkylation sites (tertiary alicyclic amines) is 1. The zero-order chi connectivity index (χ0) is 21.5. The Hall–Kier alpha value is -1.42. The summed E-state index contributed by atoms with van der Waals surface area (Å²) in [5.41, 5.74) is 0.458. The Bertz CT molecular complexity index is 836. The van der Waals surface area contributed by atoms with E-state index in [1.165, 1.54) is 10.4 Å². The molecule has 164 valence electrons. The molecular formula is C24H35N3O2S. The van der Waals surface area contributed by atoms with Crippen molar-refractivity contribution in [2.45, 2.75) is 83.9 Å². The molecule has 3 aliphatic rings. The van der Waals surface area contributed by atoms with Crippen LogP contribution in [0.3, 0.4) is 0 Å². The molecule has 0 bridgehead atoms. The number of carbonyl (C=O) groups excluding carboxylic acids is 1. The molecule has 3 heterocycles. The molecule has 1 aromatic heterocycles. The fourth-order valence-electron chi connectivity index (χ4n) is 5.30. The number of amides is 1. The zero-order valence-electron chi connectivity index (χ0n) is 18.8. The highest BCUT2D eigenvalue weighted by Gasteiger charge is 2.45. The number of nitriles is 1. The summed E-state index contributed by atoms with van der Waals surface area (Å²) in [5.74, 6) is 0.488. The topological polar surface area (TPSA) is 65.4 Å². The SMILES string of the molecule is CCc1cc2c(s1)CCO[C@@]21CCN(CC2CC(NC(=O)C(C)(C)C#N)C2)[C@@H](C)C1. The van der Waals surface area contributed by atoms with Crippen molar-refractivity contribution in [2.24, 2.45) is 11.3 Å². The number of carbonyl (C=O) groups is 1. The van der Waals surface area contributed by atoms with Gasteiger partial charge in [0.25, 0.3) is 0 Å². The highest BCUT2D eigenvalue weighted by Crippen LogP contribution is 2.46. The molecule has 6 heteroatoms. The quantitative estimate of drug-likeness (QED) is 0.768. The van der Waals surface area contributed by atoms with Crippen LogP contribution in [0.2, 0.25) is 0 Å². The van der Waals surface area contributed by atoms with Gasteiger partial charge in [0.15, 0.2) is 0 Å².